The number of piperidine rings is 1. The van der Waals surface area contributed by atoms with Crippen LogP contribution in [0.2, 0.25) is 0 Å². The number of guanidine groups is 1. The van der Waals surface area contributed by atoms with E-state index in [1.807, 2.05) is 17.5 Å². The van der Waals surface area contributed by atoms with Crippen LogP contribution in [0.3, 0.4) is 0 Å². The lowest BCUT2D eigenvalue weighted by atomic mass is 10.0. The van der Waals surface area contributed by atoms with Crippen LogP contribution in [0.1, 0.15) is 49.9 Å². The van der Waals surface area contributed by atoms with Gasteiger partial charge in [0.25, 0.3) is 0 Å². The van der Waals surface area contributed by atoms with Crippen molar-refractivity contribution in [3.8, 4) is 0 Å². The first-order valence-electron chi connectivity index (χ1n) is 9.46. The Kier molecular flexibility index (Phi) is 11.6. The molecule has 1 unspecified atom stereocenters. The summed E-state index contributed by atoms with van der Waals surface area (Å²) in [6.45, 7) is 11.6. The number of hydrogen-bond acceptors (Lipinski definition) is 4. The fourth-order valence-electron chi connectivity index (χ4n) is 3.14. The van der Waals surface area contributed by atoms with E-state index in [1.54, 1.807) is 0 Å². The minimum Gasteiger partial charge on any atom is -0.357 e. The van der Waals surface area contributed by atoms with E-state index in [0.29, 0.717) is 6.04 Å². The molecule has 2 N–H and O–H groups in total. The van der Waals surface area contributed by atoms with Crippen LogP contribution in [0, 0.1) is 0 Å². The third kappa shape index (κ3) is 7.78. The second-order valence-electron chi connectivity index (χ2n) is 6.25. The molecule has 1 aromatic heterocycles. The van der Waals surface area contributed by atoms with Crippen molar-refractivity contribution < 1.29 is 0 Å². The normalized spacial score (nSPS) is 18.7. The number of nitrogens with zero attached hydrogens (tertiary/aromatic N) is 3. The smallest absolute Gasteiger partial charge is 0.191 e. The highest BCUT2D eigenvalue weighted by molar-refractivity contribution is 14.0. The predicted molar refractivity (Wildman–Crippen MR) is 119 cm³/mol. The molecule has 2 heterocycles. The van der Waals surface area contributed by atoms with E-state index >= 15 is 0 Å². The molecule has 2 rings (SSSR count). The second kappa shape index (κ2) is 12.9. The molecule has 0 radical (unpaired) electrons. The largest absolute Gasteiger partial charge is 0.357 e. The summed E-state index contributed by atoms with van der Waals surface area (Å²) in [6, 6.07) is 0.602. The van der Waals surface area contributed by atoms with Crippen LogP contribution in [-0.2, 0) is 12.8 Å². The van der Waals surface area contributed by atoms with Crippen LogP contribution in [0.25, 0.3) is 0 Å². The Hall–Kier alpha value is -0.410. The van der Waals surface area contributed by atoms with Crippen molar-refractivity contribution in [2.24, 2.45) is 4.99 Å². The molecule has 1 fully saturated rings. The third-order valence-corrected chi connectivity index (χ3v) is 5.74. The van der Waals surface area contributed by atoms with Gasteiger partial charge in [0.05, 0.1) is 11.6 Å². The molecule has 0 spiro atoms. The fraction of sp³-hybridized carbons (Fsp3) is 0.778. The number of aromatic nitrogens is 1. The van der Waals surface area contributed by atoms with Crippen molar-refractivity contribution >= 4 is 41.3 Å². The van der Waals surface area contributed by atoms with Gasteiger partial charge in [-0.1, -0.05) is 20.3 Å². The summed E-state index contributed by atoms with van der Waals surface area (Å²) in [7, 11) is 0. The molecule has 7 heteroatoms. The average molecular weight is 479 g/mol. The van der Waals surface area contributed by atoms with Gasteiger partial charge < -0.3 is 10.6 Å². The Bertz CT molecular complexity index is 505. The summed E-state index contributed by atoms with van der Waals surface area (Å²) < 4.78 is 0. The molecule has 0 bridgehead atoms. The van der Waals surface area contributed by atoms with Crippen LogP contribution in [-0.4, -0.2) is 54.6 Å². The molecular formula is C18H34IN5S. The molecule has 0 amide bonds. The van der Waals surface area contributed by atoms with Gasteiger partial charge in [0, 0.05) is 36.6 Å². The van der Waals surface area contributed by atoms with Gasteiger partial charge >= 0.3 is 0 Å². The minimum absolute atomic E-state index is 0. The molecule has 1 aromatic rings. The van der Waals surface area contributed by atoms with Gasteiger partial charge in [0.1, 0.15) is 0 Å². The summed E-state index contributed by atoms with van der Waals surface area (Å²) in [6.07, 6.45) is 7.98. The molecular weight excluding hydrogens is 445 g/mol. The minimum atomic E-state index is 0. The van der Waals surface area contributed by atoms with E-state index in [2.05, 4.69) is 41.3 Å². The van der Waals surface area contributed by atoms with E-state index in [0.717, 1.165) is 45.0 Å². The number of likely N-dealkylation sites (N-methyl/N-ethyl adjacent to an activating group) is 1. The summed E-state index contributed by atoms with van der Waals surface area (Å²) >= 11 is 1.82. The van der Waals surface area contributed by atoms with Crippen molar-refractivity contribution in [2.75, 3.05) is 32.7 Å². The van der Waals surface area contributed by atoms with Crippen molar-refractivity contribution in [3.05, 3.63) is 16.1 Å². The van der Waals surface area contributed by atoms with Gasteiger partial charge in [-0.2, -0.15) is 0 Å². The molecule has 0 aliphatic carbocycles. The molecule has 1 aliphatic rings. The highest BCUT2D eigenvalue weighted by atomic mass is 127. The maximum absolute atomic E-state index is 4.82. The highest BCUT2D eigenvalue weighted by Gasteiger charge is 2.20. The van der Waals surface area contributed by atoms with E-state index in [-0.39, 0.29) is 24.0 Å². The fourth-order valence-corrected chi connectivity index (χ4v) is 4.00. The molecule has 0 aromatic carbocycles. The molecule has 25 heavy (non-hydrogen) atoms. The van der Waals surface area contributed by atoms with Crippen molar-refractivity contribution in [1.82, 2.24) is 20.5 Å². The zero-order chi connectivity index (χ0) is 17.2. The maximum Gasteiger partial charge on any atom is 0.191 e. The average Bonchev–Trinajstić information content (AvgIpc) is 3.08. The van der Waals surface area contributed by atoms with Crippen LogP contribution in [0.5, 0.6) is 0 Å². The van der Waals surface area contributed by atoms with E-state index < -0.39 is 0 Å². The molecule has 0 saturated carbocycles. The molecule has 5 nitrogen and oxygen atoms in total. The van der Waals surface area contributed by atoms with Crippen LogP contribution in [0.4, 0.5) is 0 Å². The van der Waals surface area contributed by atoms with Gasteiger partial charge in [-0.3, -0.25) is 9.89 Å². The Morgan fingerprint density at radius 1 is 1.32 bits per heavy atom. The highest BCUT2D eigenvalue weighted by Crippen LogP contribution is 2.16. The number of halogens is 1. The Morgan fingerprint density at radius 3 is 2.84 bits per heavy atom. The second-order valence-corrected chi connectivity index (χ2v) is 7.45. The van der Waals surface area contributed by atoms with E-state index in [4.69, 9.17) is 4.99 Å². The molecule has 144 valence electrons. The van der Waals surface area contributed by atoms with Gasteiger partial charge in [-0.05, 0) is 39.3 Å². The number of rotatable bonds is 8. The molecule has 1 saturated heterocycles. The van der Waals surface area contributed by atoms with Gasteiger partial charge in [-0.15, -0.1) is 35.3 Å². The van der Waals surface area contributed by atoms with Crippen LogP contribution >= 0.6 is 35.3 Å². The summed E-state index contributed by atoms with van der Waals surface area (Å²) in [4.78, 5) is 13.2. The Balaban J connectivity index is 0.00000312. The first-order valence-corrected chi connectivity index (χ1v) is 10.3. The summed E-state index contributed by atoms with van der Waals surface area (Å²) in [5.74, 6) is 0.936. The zero-order valence-corrected chi connectivity index (χ0v) is 19.0. The molecule has 1 aliphatic heterocycles. The number of aliphatic imine (C=N–C) groups is 1. The predicted octanol–water partition coefficient (Wildman–Crippen LogP) is 3.30. The number of nitrogens with one attached hydrogen (secondary N) is 2. The van der Waals surface area contributed by atoms with Crippen molar-refractivity contribution in [3.63, 3.8) is 0 Å². The van der Waals surface area contributed by atoms with E-state index in [9.17, 15) is 0 Å². The number of hydrogen-bond donors (Lipinski definition) is 2. The standard InChI is InChI=1S/C18H33N5S.HI/c1-4-16-14-21-17(24-16)10-11-20-18(19-5-2)22-13-15-9-7-8-12-23(15)6-3;/h14-15H,4-13H2,1-3H3,(H2,19,20,22);1H. The summed E-state index contributed by atoms with van der Waals surface area (Å²) in [5.41, 5.74) is 0. The first kappa shape index (κ1) is 22.6. The first-order chi connectivity index (χ1) is 11.8. The van der Waals surface area contributed by atoms with Crippen molar-refractivity contribution in [2.45, 2.75) is 58.9 Å². The lowest BCUT2D eigenvalue weighted by molar-refractivity contribution is 0.161. The number of likely N-dealkylation sites (tertiary alicyclic amines) is 1. The van der Waals surface area contributed by atoms with Gasteiger partial charge in [-0.25, -0.2) is 4.98 Å². The third-order valence-electron chi connectivity index (χ3n) is 4.54. The Morgan fingerprint density at radius 2 is 2.16 bits per heavy atom. The van der Waals surface area contributed by atoms with Gasteiger partial charge in [0.15, 0.2) is 5.96 Å². The lowest BCUT2D eigenvalue weighted by Crippen LogP contribution is -2.43. The quantitative estimate of drug-likeness (QED) is 0.342. The van der Waals surface area contributed by atoms with Crippen LogP contribution in [0.15, 0.2) is 11.2 Å². The topological polar surface area (TPSA) is 52.6 Å². The van der Waals surface area contributed by atoms with E-state index in [1.165, 1.54) is 35.7 Å². The number of aryl methyl sites for hydroxylation is 1. The van der Waals surface area contributed by atoms with Gasteiger partial charge in [0.2, 0.25) is 0 Å². The zero-order valence-electron chi connectivity index (χ0n) is 15.9. The maximum atomic E-state index is 4.82. The SMILES string of the molecule is CCNC(=NCC1CCCCN1CC)NCCc1ncc(CC)s1.I. The monoisotopic (exact) mass is 479 g/mol. The summed E-state index contributed by atoms with van der Waals surface area (Å²) in [5, 5.41) is 8.02. The lowest BCUT2D eigenvalue weighted by Gasteiger charge is -2.33. The molecule has 1 atom stereocenters. The number of thiazole rings is 1. The van der Waals surface area contributed by atoms with Crippen LogP contribution < -0.4 is 10.6 Å². The Labute approximate surface area is 174 Å². The van der Waals surface area contributed by atoms with Crippen molar-refractivity contribution in [1.29, 1.82) is 0 Å².